The monoisotopic (exact) mass is 505 g/mol. The van der Waals surface area contributed by atoms with Crippen molar-refractivity contribution in [3.63, 3.8) is 0 Å². The van der Waals surface area contributed by atoms with Gasteiger partial charge in [0, 0.05) is 16.6 Å². The van der Waals surface area contributed by atoms with Crippen molar-refractivity contribution in [2.75, 3.05) is 17.1 Å². The van der Waals surface area contributed by atoms with Crippen LogP contribution in [0.25, 0.3) is 10.4 Å². The Labute approximate surface area is 202 Å². The Morgan fingerprint density at radius 1 is 1.15 bits per heavy atom. The Morgan fingerprint density at radius 2 is 1.85 bits per heavy atom. The first-order valence-corrected chi connectivity index (χ1v) is 13.2. The molecule has 1 heterocycles. The maximum absolute atomic E-state index is 13.1. The summed E-state index contributed by atoms with van der Waals surface area (Å²) in [7, 11) is -2.52. The fourth-order valence-corrected chi connectivity index (χ4v) is 6.22. The molecule has 0 saturated heterocycles. The summed E-state index contributed by atoms with van der Waals surface area (Å²) in [4.78, 5) is 17.7. The van der Waals surface area contributed by atoms with Gasteiger partial charge in [-0.1, -0.05) is 35.8 Å². The van der Waals surface area contributed by atoms with Gasteiger partial charge in [0.15, 0.2) is 5.13 Å². The molecule has 1 fully saturated rings. The van der Waals surface area contributed by atoms with E-state index in [1.165, 1.54) is 18.4 Å². The third-order valence-electron chi connectivity index (χ3n) is 5.56. The lowest BCUT2D eigenvalue weighted by atomic mass is 10.1. The summed E-state index contributed by atoms with van der Waals surface area (Å²) < 4.78 is 34.1. The van der Waals surface area contributed by atoms with Gasteiger partial charge in [-0.25, -0.2) is 13.4 Å². The van der Waals surface area contributed by atoms with Crippen molar-refractivity contribution in [3.8, 4) is 16.2 Å². The molecule has 2 aromatic carbocycles. The first kappa shape index (κ1) is 23.5. The summed E-state index contributed by atoms with van der Waals surface area (Å²) >= 11 is 7.22. The SMILES string of the molecule is COc1ccc(-c2sc(NC(=O)C3CCCC3)nc2C)cc1S(=O)(=O)Nc1ccc(Cl)cc1. The molecular formula is C23H24ClN3O4S2. The van der Waals surface area contributed by atoms with Gasteiger partial charge in [-0.05, 0) is 67.8 Å². The van der Waals surface area contributed by atoms with Crippen molar-refractivity contribution in [2.45, 2.75) is 37.5 Å². The fraction of sp³-hybridized carbons (Fsp3) is 0.304. The van der Waals surface area contributed by atoms with E-state index in [-0.39, 0.29) is 22.5 Å². The number of sulfonamides is 1. The number of amides is 1. The average Bonchev–Trinajstić information content (AvgIpc) is 3.45. The van der Waals surface area contributed by atoms with Gasteiger partial charge in [0.05, 0.1) is 17.7 Å². The second-order valence-corrected chi connectivity index (χ2v) is 11.0. The van der Waals surface area contributed by atoms with Gasteiger partial charge in [0.1, 0.15) is 10.6 Å². The van der Waals surface area contributed by atoms with Crippen molar-refractivity contribution in [3.05, 3.63) is 53.2 Å². The zero-order valence-corrected chi connectivity index (χ0v) is 20.6. The van der Waals surface area contributed by atoms with Crippen molar-refractivity contribution in [2.24, 2.45) is 5.92 Å². The average molecular weight is 506 g/mol. The fourth-order valence-electron chi connectivity index (χ4n) is 3.87. The van der Waals surface area contributed by atoms with Gasteiger partial charge in [-0.15, -0.1) is 0 Å². The summed E-state index contributed by atoms with van der Waals surface area (Å²) in [5, 5.41) is 3.94. The molecule has 10 heteroatoms. The number of anilines is 2. The van der Waals surface area contributed by atoms with Gasteiger partial charge >= 0.3 is 0 Å². The molecule has 7 nitrogen and oxygen atoms in total. The van der Waals surface area contributed by atoms with E-state index in [4.69, 9.17) is 16.3 Å². The lowest BCUT2D eigenvalue weighted by molar-refractivity contribution is -0.119. The lowest BCUT2D eigenvalue weighted by Gasteiger charge is -2.13. The number of carbonyl (C=O) groups excluding carboxylic acids is 1. The second kappa shape index (κ2) is 9.70. The molecule has 2 N–H and O–H groups in total. The number of thiazole rings is 1. The molecule has 3 aromatic rings. The number of nitrogens with zero attached hydrogens (tertiary/aromatic N) is 1. The molecule has 0 atom stereocenters. The van der Waals surface area contributed by atoms with Crippen molar-refractivity contribution in [1.29, 1.82) is 0 Å². The highest BCUT2D eigenvalue weighted by Crippen LogP contribution is 2.37. The minimum absolute atomic E-state index is 0.00166. The third-order valence-corrected chi connectivity index (χ3v) is 8.34. The van der Waals surface area contributed by atoms with Crippen LogP contribution in [0.3, 0.4) is 0 Å². The van der Waals surface area contributed by atoms with Gasteiger partial charge in [-0.3, -0.25) is 9.52 Å². The van der Waals surface area contributed by atoms with Gasteiger partial charge in [-0.2, -0.15) is 0 Å². The Morgan fingerprint density at radius 3 is 2.52 bits per heavy atom. The van der Waals surface area contributed by atoms with E-state index in [0.717, 1.165) is 30.6 Å². The maximum Gasteiger partial charge on any atom is 0.265 e. The van der Waals surface area contributed by atoms with E-state index in [2.05, 4.69) is 15.0 Å². The highest BCUT2D eigenvalue weighted by molar-refractivity contribution is 7.92. The highest BCUT2D eigenvalue weighted by atomic mass is 35.5. The van der Waals surface area contributed by atoms with E-state index in [1.54, 1.807) is 42.5 Å². The Bertz CT molecular complexity index is 1270. The molecule has 0 unspecified atom stereocenters. The number of carbonyl (C=O) groups is 1. The van der Waals surface area contributed by atoms with Crippen LogP contribution in [-0.2, 0) is 14.8 Å². The standard InChI is InChI=1S/C23H24ClN3O4S2/c1-14-21(32-23(25-14)26-22(28)15-5-3-4-6-15)16-7-12-19(31-2)20(13-16)33(29,30)27-18-10-8-17(24)9-11-18/h7-13,15,27H,3-6H2,1-2H3,(H,25,26,28). The molecule has 33 heavy (non-hydrogen) atoms. The number of benzene rings is 2. The quantitative estimate of drug-likeness (QED) is 0.428. The molecule has 174 valence electrons. The molecule has 0 radical (unpaired) electrons. The maximum atomic E-state index is 13.1. The Kier molecular flexibility index (Phi) is 6.92. The van der Waals surface area contributed by atoms with Gasteiger partial charge in [0.25, 0.3) is 10.0 Å². The van der Waals surface area contributed by atoms with Crippen LogP contribution >= 0.6 is 22.9 Å². The number of methoxy groups -OCH3 is 1. The van der Waals surface area contributed by atoms with E-state index in [1.807, 2.05) is 6.92 Å². The zero-order valence-electron chi connectivity index (χ0n) is 18.2. The Balaban J connectivity index is 1.63. The van der Waals surface area contributed by atoms with Gasteiger partial charge < -0.3 is 10.1 Å². The second-order valence-electron chi connectivity index (χ2n) is 7.88. The molecule has 1 saturated carbocycles. The Hall–Kier alpha value is -2.62. The summed E-state index contributed by atoms with van der Waals surface area (Å²) in [5.74, 6) is 0.254. The van der Waals surface area contributed by atoms with Crippen LogP contribution in [0.2, 0.25) is 5.02 Å². The zero-order chi connectivity index (χ0) is 23.6. The third kappa shape index (κ3) is 5.31. The van der Waals surface area contributed by atoms with Crippen molar-refractivity contribution in [1.82, 2.24) is 4.98 Å². The van der Waals surface area contributed by atoms with E-state index in [9.17, 15) is 13.2 Å². The van der Waals surface area contributed by atoms with Crippen LogP contribution in [0, 0.1) is 12.8 Å². The molecule has 1 aromatic heterocycles. The van der Waals surface area contributed by atoms with Crippen LogP contribution in [-0.4, -0.2) is 26.4 Å². The molecule has 1 aliphatic rings. The van der Waals surface area contributed by atoms with Crippen LogP contribution in [0.4, 0.5) is 10.8 Å². The van der Waals surface area contributed by atoms with E-state index >= 15 is 0 Å². The first-order valence-electron chi connectivity index (χ1n) is 10.5. The molecule has 0 aliphatic heterocycles. The minimum atomic E-state index is -3.94. The number of aryl methyl sites for hydroxylation is 1. The highest BCUT2D eigenvalue weighted by Gasteiger charge is 2.25. The molecular weight excluding hydrogens is 482 g/mol. The number of hydrogen-bond acceptors (Lipinski definition) is 6. The molecule has 4 rings (SSSR count). The lowest BCUT2D eigenvalue weighted by Crippen LogP contribution is -2.20. The summed E-state index contributed by atoms with van der Waals surface area (Å²) in [6, 6.07) is 11.3. The topological polar surface area (TPSA) is 97.4 Å². The van der Waals surface area contributed by atoms with Crippen LogP contribution in [0.5, 0.6) is 5.75 Å². The van der Waals surface area contributed by atoms with E-state index in [0.29, 0.717) is 27.1 Å². The predicted octanol–water partition coefficient (Wildman–Crippen LogP) is 5.71. The molecule has 1 aliphatic carbocycles. The normalized spacial score (nSPS) is 14.3. The first-order chi connectivity index (χ1) is 15.8. The molecule has 1 amide bonds. The van der Waals surface area contributed by atoms with Gasteiger partial charge in [0.2, 0.25) is 5.91 Å². The van der Waals surface area contributed by atoms with Crippen LogP contribution in [0.1, 0.15) is 31.4 Å². The number of halogens is 1. The van der Waals surface area contributed by atoms with Crippen molar-refractivity contribution >= 4 is 49.7 Å². The number of rotatable bonds is 7. The smallest absolute Gasteiger partial charge is 0.265 e. The summed E-state index contributed by atoms with van der Waals surface area (Å²) in [6.07, 6.45) is 3.97. The number of aromatic nitrogens is 1. The van der Waals surface area contributed by atoms with Crippen LogP contribution < -0.4 is 14.8 Å². The molecule has 0 bridgehead atoms. The summed E-state index contributed by atoms with van der Waals surface area (Å²) in [6.45, 7) is 1.83. The number of nitrogens with one attached hydrogen (secondary N) is 2. The van der Waals surface area contributed by atoms with Crippen molar-refractivity contribution < 1.29 is 17.9 Å². The summed E-state index contributed by atoms with van der Waals surface area (Å²) in [5.41, 5.74) is 1.77. The number of hydrogen-bond donors (Lipinski definition) is 2. The van der Waals surface area contributed by atoms with Crippen LogP contribution in [0.15, 0.2) is 47.4 Å². The number of ether oxygens (including phenoxy) is 1. The largest absolute Gasteiger partial charge is 0.495 e. The molecule has 0 spiro atoms. The van der Waals surface area contributed by atoms with E-state index < -0.39 is 10.0 Å². The predicted molar refractivity (Wildman–Crippen MR) is 132 cm³/mol. The minimum Gasteiger partial charge on any atom is -0.495 e.